The number of phenols is 1. The van der Waals surface area contributed by atoms with Crippen LogP contribution in [-0.4, -0.2) is 74.5 Å². The van der Waals surface area contributed by atoms with Crippen LogP contribution in [0, 0.1) is 5.92 Å². The van der Waals surface area contributed by atoms with Crippen LogP contribution in [0.2, 0.25) is 0 Å². The maximum absolute atomic E-state index is 12.7. The van der Waals surface area contributed by atoms with Gasteiger partial charge in [-0.3, -0.25) is 9.69 Å². The number of aliphatic hydroxyl groups is 2. The first kappa shape index (κ1) is 19.8. The number of aliphatic hydroxyl groups excluding tert-OH is 1. The molecule has 1 aromatic rings. The molecule has 2 aliphatic heterocycles. The third kappa shape index (κ3) is 2.57. The Morgan fingerprint density at radius 1 is 1.27 bits per heavy atom. The highest BCUT2D eigenvalue weighted by Gasteiger charge is 2.73. The number of aromatic hydroxyl groups is 1. The Bertz CT molecular complexity index is 913. The summed E-state index contributed by atoms with van der Waals surface area (Å²) in [5.74, 6) is 0.199. The standard InChI is InChI=1S/C20H23NO4.C2H4O3/c22-13-4-3-12-9-15-20(24)6-5-14(23)18-19(20,16(12)17(13)25-18)7-8-21(15)10-11-1-2-11;3-1-2(4)5/h3-4,11,15,18,22,24H,1-2,5-10H2;3H,1H2,(H,4,5)/t15-,18+,19+,20-;/m1./s1. The summed E-state index contributed by atoms with van der Waals surface area (Å²) in [7, 11) is 0. The van der Waals surface area contributed by atoms with Crippen LogP contribution in [0.3, 0.4) is 0 Å². The molecule has 3 fully saturated rings. The molecule has 3 aliphatic carbocycles. The molecule has 0 amide bonds. The van der Waals surface area contributed by atoms with Crippen LogP contribution in [0.5, 0.6) is 11.5 Å². The lowest BCUT2D eigenvalue weighted by atomic mass is 9.49. The zero-order valence-corrected chi connectivity index (χ0v) is 16.7. The van der Waals surface area contributed by atoms with E-state index in [1.165, 1.54) is 12.8 Å². The molecule has 1 spiro atoms. The van der Waals surface area contributed by atoms with Crippen molar-refractivity contribution in [1.29, 1.82) is 0 Å². The lowest BCUT2D eigenvalue weighted by Gasteiger charge is -2.62. The number of aliphatic carboxylic acids is 1. The number of hydrogen-bond acceptors (Lipinski definition) is 7. The van der Waals surface area contributed by atoms with Crippen molar-refractivity contribution in [3.8, 4) is 11.5 Å². The number of likely N-dealkylation sites (tertiary alicyclic amines) is 1. The molecule has 8 nitrogen and oxygen atoms in total. The number of hydrogen-bond donors (Lipinski definition) is 4. The van der Waals surface area contributed by atoms with Crippen molar-refractivity contribution < 1.29 is 34.8 Å². The molecule has 4 N–H and O–H groups in total. The Labute approximate surface area is 174 Å². The number of rotatable bonds is 3. The van der Waals surface area contributed by atoms with E-state index in [-0.39, 0.29) is 17.6 Å². The van der Waals surface area contributed by atoms with E-state index in [4.69, 9.17) is 19.7 Å². The zero-order chi connectivity index (χ0) is 21.3. The fraction of sp³-hybridized carbons (Fsp3) is 0.636. The van der Waals surface area contributed by atoms with E-state index in [0.717, 1.165) is 43.0 Å². The lowest BCUT2D eigenvalue weighted by molar-refractivity contribution is -0.188. The summed E-state index contributed by atoms with van der Waals surface area (Å²) in [6.45, 7) is 1.17. The van der Waals surface area contributed by atoms with Gasteiger partial charge in [0, 0.05) is 24.6 Å². The lowest BCUT2D eigenvalue weighted by Crippen LogP contribution is -2.76. The van der Waals surface area contributed by atoms with Crippen molar-refractivity contribution in [3.05, 3.63) is 23.3 Å². The molecule has 1 saturated heterocycles. The van der Waals surface area contributed by atoms with Crippen molar-refractivity contribution in [2.24, 2.45) is 5.92 Å². The molecule has 2 heterocycles. The van der Waals surface area contributed by atoms with Crippen molar-refractivity contribution in [2.75, 3.05) is 19.7 Å². The molecule has 2 bridgehead atoms. The largest absolute Gasteiger partial charge is 0.504 e. The number of carboxylic acid groups (broad SMARTS) is 1. The summed E-state index contributed by atoms with van der Waals surface area (Å²) in [5, 5.41) is 37.3. The summed E-state index contributed by atoms with van der Waals surface area (Å²) in [5.41, 5.74) is 0.454. The highest BCUT2D eigenvalue weighted by Crippen LogP contribution is 2.64. The molecule has 1 aromatic carbocycles. The predicted octanol–water partition coefficient (Wildman–Crippen LogP) is 0.589. The van der Waals surface area contributed by atoms with Gasteiger partial charge >= 0.3 is 5.97 Å². The van der Waals surface area contributed by atoms with E-state index in [9.17, 15) is 15.0 Å². The van der Waals surface area contributed by atoms with Crippen LogP contribution in [0.25, 0.3) is 0 Å². The van der Waals surface area contributed by atoms with Crippen LogP contribution < -0.4 is 4.74 Å². The molecule has 8 heteroatoms. The van der Waals surface area contributed by atoms with Crippen LogP contribution in [0.1, 0.15) is 43.2 Å². The van der Waals surface area contributed by atoms with Crippen molar-refractivity contribution in [1.82, 2.24) is 4.90 Å². The average molecular weight is 417 g/mol. The van der Waals surface area contributed by atoms with Crippen LogP contribution in [0.4, 0.5) is 0 Å². The molecule has 5 aliphatic rings. The zero-order valence-electron chi connectivity index (χ0n) is 16.7. The number of Topliss-reactive ketones (excluding diaryl/α,β-unsaturated/α-hetero) is 1. The minimum Gasteiger partial charge on any atom is -0.504 e. The molecule has 30 heavy (non-hydrogen) atoms. The molecule has 0 aromatic heterocycles. The first-order chi connectivity index (χ1) is 14.3. The fourth-order valence-electron chi connectivity index (χ4n) is 6.26. The fourth-order valence-corrected chi connectivity index (χ4v) is 6.26. The second-order valence-corrected chi connectivity index (χ2v) is 9.27. The van der Waals surface area contributed by atoms with Crippen LogP contribution in [-0.2, 0) is 21.4 Å². The molecule has 2 saturated carbocycles. The topological polar surface area (TPSA) is 128 Å². The number of piperidine rings is 1. The number of benzene rings is 1. The van der Waals surface area contributed by atoms with Gasteiger partial charge in [0.25, 0.3) is 0 Å². The minimum absolute atomic E-state index is 0.0454. The van der Waals surface area contributed by atoms with Gasteiger partial charge in [-0.1, -0.05) is 6.07 Å². The number of nitrogens with zero attached hydrogens (tertiary/aromatic N) is 1. The Morgan fingerprint density at radius 3 is 2.67 bits per heavy atom. The third-order valence-corrected chi connectivity index (χ3v) is 7.69. The van der Waals surface area contributed by atoms with E-state index < -0.39 is 29.7 Å². The molecular formula is C22H27NO7. The Hall–Kier alpha value is -2.16. The number of carbonyl (C=O) groups is 2. The Kier molecular flexibility index (Phi) is 4.40. The number of carbonyl (C=O) groups excluding carboxylic acids is 1. The molecule has 4 atom stereocenters. The number of ether oxygens (including phenoxy) is 1. The second kappa shape index (κ2) is 6.67. The SMILES string of the molecule is O=C(O)CO.O=C1CC[C@@]2(O)[C@H]3Cc4ccc(O)c5c4[C@@]2(CCN3CC2CC2)[C@H]1O5. The number of ketones is 1. The monoisotopic (exact) mass is 417 g/mol. The van der Waals surface area contributed by atoms with Gasteiger partial charge in [-0.15, -0.1) is 0 Å². The van der Waals surface area contributed by atoms with E-state index >= 15 is 0 Å². The summed E-state index contributed by atoms with van der Waals surface area (Å²) < 4.78 is 6.04. The summed E-state index contributed by atoms with van der Waals surface area (Å²) in [6, 6.07) is 3.69. The summed E-state index contributed by atoms with van der Waals surface area (Å²) in [4.78, 5) is 24.3. The number of phenolic OH excluding ortho intramolecular Hbond substituents is 1. The molecule has 0 unspecified atom stereocenters. The molecule has 0 radical (unpaired) electrons. The molecule has 162 valence electrons. The molecule has 6 rings (SSSR count). The molecular weight excluding hydrogens is 390 g/mol. The van der Waals surface area contributed by atoms with Crippen LogP contribution in [0.15, 0.2) is 12.1 Å². The van der Waals surface area contributed by atoms with Gasteiger partial charge in [0.2, 0.25) is 0 Å². The first-order valence-corrected chi connectivity index (χ1v) is 10.7. The van der Waals surface area contributed by atoms with Gasteiger partial charge < -0.3 is 25.2 Å². The average Bonchev–Trinajstić information content (AvgIpc) is 3.46. The van der Waals surface area contributed by atoms with Crippen molar-refractivity contribution >= 4 is 11.8 Å². The minimum atomic E-state index is -1.19. The summed E-state index contributed by atoms with van der Waals surface area (Å²) >= 11 is 0. The van der Waals surface area contributed by atoms with E-state index in [1.54, 1.807) is 6.07 Å². The normalized spacial score (nSPS) is 35.7. The van der Waals surface area contributed by atoms with Gasteiger partial charge in [-0.25, -0.2) is 4.79 Å². The highest BCUT2D eigenvalue weighted by atomic mass is 16.5. The highest BCUT2D eigenvalue weighted by molar-refractivity contribution is 5.90. The van der Waals surface area contributed by atoms with Gasteiger partial charge in [0.1, 0.15) is 6.61 Å². The van der Waals surface area contributed by atoms with Gasteiger partial charge in [-0.05, 0) is 56.2 Å². The van der Waals surface area contributed by atoms with E-state index in [1.807, 2.05) is 6.07 Å². The maximum atomic E-state index is 12.7. The van der Waals surface area contributed by atoms with Gasteiger partial charge in [0.05, 0.1) is 11.0 Å². The van der Waals surface area contributed by atoms with Crippen LogP contribution >= 0.6 is 0 Å². The smallest absolute Gasteiger partial charge is 0.329 e. The van der Waals surface area contributed by atoms with E-state index in [0.29, 0.717) is 18.6 Å². The summed E-state index contributed by atoms with van der Waals surface area (Å²) in [6.07, 6.45) is 4.33. The van der Waals surface area contributed by atoms with Crippen molar-refractivity contribution in [3.63, 3.8) is 0 Å². The first-order valence-electron chi connectivity index (χ1n) is 10.7. The maximum Gasteiger partial charge on any atom is 0.329 e. The number of carboxylic acids is 1. The third-order valence-electron chi connectivity index (χ3n) is 7.69. The van der Waals surface area contributed by atoms with Crippen molar-refractivity contribution in [2.45, 2.75) is 61.7 Å². The quantitative estimate of drug-likeness (QED) is 0.563. The Morgan fingerprint density at radius 2 is 2.00 bits per heavy atom. The van der Waals surface area contributed by atoms with Gasteiger partial charge in [-0.2, -0.15) is 0 Å². The predicted molar refractivity (Wildman–Crippen MR) is 105 cm³/mol. The van der Waals surface area contributed by atoms with E-state index in [2.05, 4.69) is 4.90 Å². The van der Waals surface area contributed by atoms with Gasteiger partial charge in [0.15, 0.2) is 23.4 Å². The second-order valence-electron chi connectivity index (χ2n) is 9.27. The Balaban J connectivity index is 0.000000349.